The van der Waals surface area contributed by atoms with Gasteiger partial charge in [0, 0.05) is 6.04 Å². The van der Waals surface area contributed by atoms with Gasteiger partial charge in [-0.05, 0) is 38.3 Å². The Morgan fingerprint density at radius 1 is 1.71 bits per heavy atom. The van der Waals surface area contributed by atoms with Crippen molar-refractivity contribution in [2.75, 3.05) is 0 Å². The molecule has 4 heteroatoms. The van der Waals surface area contributed by atoms with Crippen LogP contribution < -0.4 is 11.1 Å². The van der Waals surface area contributed by atoms with E-state index < -0.39 is 5.66 Å². The van der Waals surface area contributed by atoms with E-state index in [4.69, 9.17) is 5.73 Å². The van der Waals surface area contributed by atoms with Crippen LogP contribution in [0.5, 0.6) is 0 Å². The molecule has 1 heterocycles. The first-order valence-electron chi connectivity index (χ1n) is 4.87. The third kappa shape index (κ3) is 1.70. The summed E-state index contributed by atoms with van der Waals surface area (Å²) in [5, 5.41) is 2.88. The maximum Gasteiger partial charge on any atom is 0.269 e. The fourth-order valence-electron chi connectivity index (χ4n) is 1.33. The molecule has 0 aromatic carbocycles. The molecule has 1 aliphatic heterocycles. The van der Waals surface area contributed by atoms with E-state index >= 15 is 0 Å². The van der Waals surface area contributed by atoms with Crippen LogP contribution in [0.3, 0.4) is 0 Å². The fourth-order valence-corrected chi connectivity index (χ4v) is 1.33. The second-order valence-corrected chi connectivity index (χ2v) is 4.22. The normalized spacial score (nSPS) is 31.1. The largest absolute Gasteiger partial charge is 0.348 e. The van der Waals surface area contributed by atoms with Crippen molar-refractivity contribution in [1.29, 1.82) is 0 Å². The zero-order valence-electron chi connectivity index (χ0n) is 8.50. The van der Waals surface area contributed by atoms with Gasteiger partial charge in [0.2, 0.25) is 0 Å². The van der Waals surface area contributed by atoms with Gasteiger partial charge in [-0.1, -0.05) is 0 Å². The molecule has 1 unspecified atom stereocenters. The zero-order valence-corrected chi connectivity index (χ0v) is 8.50. The van der Waals surface area contributed by atoms with E-state index in [0.717, 1.165) is 18.4 Å². The van der Waals surface area contributed by atoms with E-state index in [2.05, 4.69) is 10.3 Å². The summed E-state index contributed by atoms with van der Waals surface area (Å²) in [4.78, 5) is 15.8. The average molecular weight is 193 g/mol. The van der Waals surface area contributed by atoms with Gasteiger partial charge in [-0.2, -0.15) is 0 Å². The number of nitrogens with two attached hydrogens (primary N) is 1. The summed E-state index contributed by atoms with van der Waals surface area (Å²) in [5.41, 5.74) is 6.55. The van der Waals surface area contributed by atoms with Crippen LogP contribution >= 0.6 is 0 Å². The predicted octanol–water partition coefficient (Wildman–Crippen LogP) is 0.341. The Hall–Kier alpha value is -1.16. The molecule has 0 aromatic heterocycles. The Balaban J connectivity index is 2.08. The first kappa shape index (κ1) is 9.40. The maximum absolute atomic E-state index is 11.6. The van der Waals surface area contributed by atoms with Crippen molar-refractivity contribution in [2.24, 2.45) is 10.7 Å². The van der Waals surface area contributed by atoms with E-state index in [1.54, 1.807) is 13.0 Å². The molecule has 1 fully saturated rings. The van der Waals surface area contributed by atoms with Crippen LogP contribution in [0.15, 0.2) is 16.6 Å². The highest BCUT2D eigenvalue weighted by molar-refractivity contribution is 6.44. The summed E-state index contributed by atoms with van der Waals surface area (Å²) in [6.45, 7) is 3.69. The molecule has 1 atom stereocenters. The molecular formula is C10H15N3O. The van der Waals surface area contributed by atoms with Crippen LogP contribution in [-0.4, -0.2) is 23.3 Å². The smallest absolute Gasteiger partial charge is 0.269 e. The van der Waals surface area contributed by atoms with Crippen LogP contribution in [0.25, 0.3) is 0 Å². The van der Waals surface area contributed by atoms with Gasteiger partial charge in [-0.3, -0.25) is 9.79 Å². The first-order valence-corrected chi connectivity index (χ1v) is 4.87. The second-order valence-electron chi connectivity index (χ2n) is 4.22. The van der Waals surface area contributed by atoms with Crippen LogP contribution in [0.4, 0.5) is 0 Å². The van der Waals surface area contributed by atoms with Gasteiger partial charge >= 0.3 is 0 Å². The number of aliphatic imine (C=N–C) groups is 1. The third-order valence-electron chi connectivity index (χ3n) is 2.65. The number of carbonyl (C=O) groups excluding carboxylic acids is 1. The van der Waals surface area contributed by atoms with E-state index in [9.17, 15) is 4.79 Å². The molecular weight excluding hydrogens is 178 g/mol. The van der Waals surface area contributed by atoms with E-state index in [-0.39, 0.29) is 5.91 Å². The Kier molecular flexibility index (Phi) is 1.96. The lowest BCUT2D eigenvalue weighted by atomic mass is 10.1. The molecule has 1 aliphatic carbocycles. The Bertz CT molecular complexity index is 337. The van der Waals surface area contributed by atoms with Gasteiger partial charge in [0.1, 0.15) is 11.4 Å². The monoisotopic (exact) mass is 193 g/mol. The van der Waals surface area contributed by atoms with Gasteiger partial charge in [-0.15, -0.1) is 0 Å². The summed E-state index contributed by atoms with van der Waals surface area (Å²) in [6, 6.07) is 0.364. The second kappa shape index (κ2) is 2.92. The van der Waals surface area contributed by atoms with Crippen molar-refractivity contribution < 1.29 is 4.79 Å². The van der Waals surface area contributed by atoms with Gasteiger partial charge in [0.15, 0.2) is 0 Å². The number of nitrogens with zero attached hydrogens (tertiary/aromatic N) is 1. The highest BCUT2D eigenvalue weighted by atomic mass is 16.2. The topological polar surface area (TPSA) is 67.5 Å². The van der Waals surface area contributed by atoms with Crippen molar-refractivity contribution in [3.05, 3.63) is 11.6 Å². The summed E-state index contributed by atoms with van der Waals surface area (Å²) in [7, 11) is 0. The SMILES string of the molecule is CC1=CC(C(=O)NC2CC2)=NC1(C)N. The average Bonchev–Trinajstić information content (AvgIpc) is 2.81. The molecule has 3 N–H and O–H groups in total. The van der Waals surface area contributed by atoms with Crippen molar-refractivity contribution in [3.8, 4) is 0 Å². The van der Waals surface area contributed by atoms with Gasteiger partial charge in [0.05, 0.1) is 0 Å². The Labute approximate surface area is 83.3 Å². The summed E-state index contributed by atoms with van der Waals surface area (Å²) in [6.07, 6.45) is 3.93. The summed E-state index contributed by atoms with van der Waals surface area (Å²) < 4.78 is 0. The Morgan fingerprint density at radius 3 is 2.79 bits per heavy atom. The van der Waals surface area contributed by atoms with Crippen molar-refractivity contribution in [1.82, 2.24) is 5.32 Å². The van der Waals surface area contributed by atoms with E-state index in [0.29, 0.717) is 11.8 Å². The van der Waals surface area contributed by atoms with Crippen LogP contribution in [0.1, 0.15) is 26.7 Å². The van der Waals surface area contributed by atoms with Crippen molar-refractivity contribution >= 4 is 11.6 Å². The molecule has 0 aromatic rings. The van der Waals surface area contributed by atoms with Crippen molar-refractivity contribution in [3.63, 3.8) is 0 Å². The summed E-state index contributed by atoms with van der Waals surface area (Å²) in [5.74, 6) is -0.0963. The fraction of sp³-hybridized carbons (Fsp3) is 0.600. The van der Waals surface area contributed by atoms with Crippen LogP contribution in [0, 0.1) is 0 Å². The van der Waals surface area contributed by atoms with Crippen LogP contribution in [-0.2, 0) is 4.79 Å². The molecule has 0 saturated heterocycles. The maximum atomic E-state index is 11.6. The number of carbonyl (C=O) groups is 1. The lowest BCUT2D eigenvalue weighted by Gasteiger charge is -2.15. The third-order valence-corrected chi connectivity index (χ3v) is 2.65. The molecule has 0 spiro atoms. The highest BCUT2D eigenvalue weighted by Crippen LogP contribution is 2.22. The number of amides is 1. The molecule has 4 nitrogen and oxygen atoms in total. The van der Waals surface area contributed by atoms with Gasteiger partial charge < -0.3 is 11.1 Å². The lowest BCUT2D eigenvalue weighted by Crippen LogP contribution is -2.35. The molecule has 2 aliphatic rings. The molecule has 2 rings (SSSR count). The van der Waals surface area contributed by atoms with Gasteiger partial charge in [0.25, 0.3) is 5.91 Å². The minimum Gasteiger partial charge on any atom is -0.348 e. The minimum atomic E-state index is -0.698. The Morgan fingerprint density at radius 2 is 2.36 bits per heavy atom. The van der Waals surface area contributed by atoms with Crippen molar-refractivity contribution in [2.45, 2.75) is 38.4 Å². The number of nitrogens with one attached hydrogen (secondary N) is 1. The van der Waals surface area contributed by atoms with E-state index in [1.807, 2.05) is 6.92 Å². The number of hydrogen-bond donors (Lipinski definition) is 2. The van der Waals surface area contributed by atoms with E-state index in [1.165, 1.54) is 0 Å². The van der Waals surface area contributed by atoms with Gasteiger partial charge in [-0.25, -0.2) is 0 Å². The number of rotatable bonds is 2. The molecule has 0 radical (unpaired) electrons. The lowest BCUT2D eigenvalue weighted by molar-refractivity contribution is -0.114. The minimum absolute atomic E-state index is 0.0963. The molecule has 0 bridgehead atoms. The predicted molar refractivity (Wildman–Crippen MR) is 54.9 cm³/mol. The molecule has 14 heavy (non-hydrogen) atoms. The summed E-state index contributed by atoms with van der Waals surface area (Å²) >= 11 is 0. The quantitative estimate of drug-likeness (QED) is 0.664. The standard InChI is InChI=1S/C10H15N3O/c1-6-5-8(13-10(6,2)11)9(14)12-7-3-4-7/h5,7H,3-4,11H2,1-2H3,(H,12,14). The zero-order chi connectivity index (χ0) is 10.3. The molecule has 76 valence electrons. The number of hydrogen-bond acceptors (Lipinski definition) is 3. The van der Waals surface area contributed by atoms with Crippen LogP contribution in [0.2, 0.25) is 0 Å². The first-order chi connectivity index (χ1) is 6.49. The highest BCUT2D eigenvalue weighted by Gasteiger charge is 2.31. The molecule has 1 amide bonds. The molecule has 1 saturated carbocycles.